The lowest BCUT2D eigenvalue weighted by Gasteiger charge is -2.25. The van der Waals surface area contributed by atoms with E-state index < -0.39 is 17.7 Å². The van der Waals surface area contributed by atoms with Crippen LogP contribution in [0.5, 0.6) is 11.5 Å². The van der Waals surface area contributed by atoms with Crippen molar-refractivity contribution in [2.24, 2.45) is 0 Å². The summed E-state index contributed by atoms with van der Waals surface area (Å²) in [6, 6.07) is 10.5. The van der Waals surface area contributed by atoms with Crippen LogP contribution in [0.15, 0.2) is 52.5 Å². The number of rotatable bonds is 6. The van der Waals surface area contributed by atoms with Crippen LogP contribution in [0.4, 0.5) is 0 Å². The molecular weight excluding hydrogens is 438 g/mol. The monoisotopic (exact) mass is 459 g/mol. The Morgan fingerprint density at radius 3 is 2.45 bits per heavy atom. The van der Waals surface area contributed by atoms with Gasteiger partial charge in [0.1, 0.15) is 17.3 Å². The van der Waals surface area contributed by atoms with Crippen LogP contribution in [0.3, 0.4) is 0 Å². The number of halogens is 1. The fraction of sp³-hybridized carbons (Fsp3) is 0.273. The summed E-state index contributed by atoms with van der Waals surface area (Å²) < 4.78 is 5.82. The highest BCUT2D eigenvalue weighted by atomic mass is 79.9. The number of aromatic hydroxyl groups is 1. The number of benzene rings is 2. The summed E-state index contributed by atoms with van der Waals surface area (Å²) in [6.45, 7) is 2.40. The molecule has 1 heterocycles. The molecule has 2 aromatic rings. The number of amides is 1. The van der Waals surface area contributed by atoms with Crippen molar-refractivity contribution in [1.29, 1.82) is 0 Å². The van der Waals surface area contributed by atoms with Gasteiger partial charge in [-0.05, 0) is 58.2 Å². The Bertz CT molecular complexity index is 968. The maximum atomic E-state index is 12.9. The number of carbonyl (C=O) groups is 2. The van der Waals surface area contributed by atoms with Crippen LogP contribution < -0.4 is 4.74 Å². The first kappa shape index (κ1) is 20.9. The second kappa shape index (κ2) is 8.69. The molecule has 1 aliphatic heterocycles. The van der Waals surface area contributed by atoms with Crippen molar-refractivity contribution in [3.05, 3.63) is 63.6 Å². The Kier molecular flexibility index (Phi) is 6.27. The molecule has 1 fully saturated rings. The summed E-state index contributed by atoms with van der Waals surface area (Å²) in [4.78, 5) is 27.1. The molecular formula is C22H22BrNO5. The van der Waals surface area contributed by atoms with Gasteiger partial charge in [0.25, 0.3) is 11.7 Å². The maximum absolute atomic E-state index is 12.9. The highest BCUT2D eigenvalue weighted by Gasteiger charge is 2.45. The number of hydrogen-bond donors (Lipinski definition) is 2. The fourth-order valence-electron chi connectivity index (χ4n) is 3.41. The van der Waals surface area contributed by atoms with Gasteiger partial charge in [-0.1, -0.05) is 25.5 Å². The summed E-state index contributed by atoms with van der Waals surface area (Å²) in [5.74, 6) is -0.934. The van der Waals surface area contributed by atoms with Crippen LogP contribution in [0.2, 0.25) is 0 Å². The van der Waals surface area contributed by atoms with Gasteiger partial charge in [-0.3, -0.25) is 9.59 Å². The number of carbonyl (C=O) groups excluding carboxylic acids is 2. The Hall–Kier alpha value is -2.80. The van der Waals surface area contributed by atoms with E-state index in [1.165, 1.54) is 24.1 Å². The van der Waals surface area contributed by atoms with Gasteiger partial charge >= 0.3 is 0 Å². The molecule has 0 saturated carbocycles. The average molecular weight is 460 g/mol. The number of methoxy groups -OCH3 is 1. The molecule has 2 aromatic carbocycles. The first-order chi connectivity index (χ1) is 13.9. The number of phenolic OH excluding ortho intramolecular Hbond substituents is 1. The number of unbranched alkanes of at least 4 members (excludes halogenated alkanes) is 1. The minimum absolute atomic E-state index is 0.0360. The smallest absolute Gasteiger partial charge is 0.295 e. The quantitative estimate of drug-likeness (QED) is 0.380. The summed E-state index contributed by atoms with van der Waals surface area (Å²) >= 11 is 3.38. The normalized spacial score (nSPS) is 18.3. The van der Waals surface area contributed by atoms with Crippen LogP contribution >= 0.6 is 15.9 Å². The van der Waals surface area contributed by atoms with Crippen molar-refractivity contribution in [2.45, 2.75) is 25.8 Å². The van der Waals surface area contributed by atoms with Crippen molar-refractivity contribution in [1.82, 2.24) is 4.90 Å². The SMILES string of the molecule is CCCCN1C(=O)C(=O)/C(=C(\O)c2ccc(OC)c(Br)c2)C1c1ccc(O)cc1. The number of ketones is 1. The maximum Gasteiger partial charge on any atom is 0.295 e. The lowest BCUT2D eigenvalue weighted by Crippen LogP contribution is -2.30. The van der Waals surface area contributed by atoms with E-state index in [-0.39, 0.29) is 17.1 Å². The number of hydrogen-bond acceptors (Lipinski definition) is 5. The van der Waals surface area contributed by atoms with Crippen molar-refractivity contribution < 1.29 is 24.5 Å². The number of phenols is 1. The van der Waals surface area contributed by atoms with Gasteiger partial charge in [0.15, 0.2) is 0 Å². The molecule has 2 N–H and O–H groups in total. The molecule has 0 aromatic heterocycles. The Labute approximate surface area is 177 Å². The standard InChI is InChI=1S/C22H22BrNO5/c1-3-4-11-24-19(13-5-8-15(25)9-6-13)18(21(27)22(24)28)20(26)14-7-10-17(29-2)16(23)12-14/h5-10,12,19,25-26H,3-4,11H2,1-2H3/b20-18-. The van der Waals surface area contributed by atoms with E-state index in [0.717, 1.165) is 12.8 Å². The van der Waals surface area contributed by atoms with Gasteiger partial charge in [0.05, 0.1) is 23.2 Å². The van der Waals surface area contributed by atoms with E-state index >= 15 is 0 Å². The highest BCUT2D eigenvalue weighted by molar-refractivity contribution is 9.10. The van der Waals surface area contributed by atoms with Crippen molar-refractivity contribution in [3.63, 3.8) is 0 Å². The number of ether oxygens (including phenoxy) is 1. The summed E-state index contributed by atoms with van der Waals surface area (Å²) in [5.41, 5.74) is 1.08. The molecule has 0 bridgehead atoms. The zero-order valence-corrected chi connectivity index (χ0v) is 17.8. The third-order valence-electron chi connectivity index (χ3n) is 4.93. The first-order valence-electron chi connectivity index (χ1n) is 9.30. The molecule has 6 nitrogen and oxygen atoms in total. The van der Waals surface area contributed by atoms with Gasteiger partial charge < -0.3 is 19.8 Å². The molecule has 0 radical (unpaired) electrons. The summed E-state index contributed by atoms with van der Waals surface area (Å²) in [7, 11) is 1.53. The van der Waals surface area contributed by atoms with E-state index in [1.54, 1.807) is 30.3 Å². The third kappa shape index (κ3) is 4.00. The summed E-state index contributed by atoms with van der Waals surface area (Å²) in [5, 5.41) is 20.6. The second-order valence-electron chi connectivity index (χ2n) is 6.79. The molecule has 0 spiro atoms. The van der Waals surface area contributed by atoms with Gasteiger partial charge in [-0.25, -0.2) is 0 Å². The minimum Gasteiger partial charge on any atom is -0.508 e. The Morgan fingerprint density at radius 1 is 1.17 bits per heavy atom. The van der Waals surface area contributed by atoms with E-state index in [1.807, 2.05) is 6.92 Å². The third-order valence-corrected chi connectivity index (χ3v) is 5.55. The highest BCUT2D eigenvalue weighted by Crippen LogP contribution is 2.40. The number of aliphatic hydroxyl groups is 1. The molecule has 0 aliphatic carbocycles. The Morgan fingerprint density at radius 2 is 1.86 bits per heavy atom. The molecule has 1 amide bonds. The zero-order valence-electron chi connectivity index (χ0n) is 16.2. The molecule has 1 unspecified atom stereocenters. The van der Waals surface area contributed by atoms with Crippen molar-refractivity contribution in [3.8, 4) is 11.5 Å². The van der Waals surface area contributed by atoms with Gasteiger partial charge in [0, 0.05) is 12.1 Å². The predicted molar refractivity (Wildman–Crippen MR) is 113 cm³/mol. The molecule has 1 atom stereocenters. The zero-order chi connectivity index (χ0) is 21.1. The van der Waals surface area contributed by atoms with Gasteiger partial charge in [-0.15, -0.1) is 0 Å². The number of likely N-dealkylation sites (tertiary alicyclic amines) is 1. The predicted octanol–water partition coefficient (Wildman–Crippen LogP) is 4.39. The van der Waals surface area contributed by atoms with E-state index in [2.05, 4.69) is 15.9 Å². The lowest BCUT2D eigenvalue weighted by atomic mass is 9.95. The van der Waals surface area contributed by atoms with E-state index in [9.17, 15) is 19.8 Å². The van der Waals surface area contributed by atoms with E-state index in [4.69, 9.17) is 4.74 Å². The summed E-state index contributed by atoms with van der Waals surface area (Å²) in [6.07, 6.45) is 1.59. The number of nitrogens with zero attached hydrogens (tertiary/aromatic N) is 1. The Balaban J connectivity index is 2.15. The van der Waals surface area contributed by atoms with E-state index in [0.29, 0.717) is 27.9 Å². The topological polar surface area (TPSA) is 87.1 Å². The first-order valence-corrected chi connectivity index (χ1v) is 10.1. The largest absolute Gasteiger partial charge is 0.508 e. The molecule has 3 rings (SSSR count). The molecule has 152 valence electrons. The molecule has 1 aliphatic rings. The van der Waals surface area contributed by atoms with Gasteiger partial charge in [-0.2, -0.15) is 0 Å². The van der Waals surface area contributed by atoms with Crippen LogP contribution in [0.1, 0.15) is 36.9 Å². The molecule has 29 heavy (non-hydrogen) atoms. The number of Topliss-reactive ketones (excluding diaryl/α,β-unsaturated/α-hetero) is 1. The van der Waals surface area contributed by atoms with Crippen LogP contribution in [-0.2, 0) is 9.59 Å². The number of aliphatic hydroxyl groups excluding tert-OH is 1. The minimum atomic E-state index is -0.719. The fourth-order valence-corrected chi connectivity index (χ4v) is 3.95. The second-order valence-corrected chi connectivity index (χ2v) is 7.64. The van der Waals surface area contributed by atoms with Gasteiger partial charge in [0.2, 0.25) is 0 Å². The van der Waals surface area contributed by atoms with Crippen LogP contribution in [0, 0.1) is 0 Å². The van der Waals surface area contributed by atoms with Crippen molar-refractivity contribution in [2.75, 3.05) is 13.7 Å². The van der Waals surface area contributed by atoms with Crippen molar-refractivity contribution >= 4 is 33.4 Å². The molecule has 1 saturated heterocycles. The molecule has 7 heteroatoms. The average Bonchev–Trinajstić information content (AvgIpc) is 2.96. The van der Waals surface area contributed by atoms with Crippen LogP contribution in [0.25, 0.3) is 5.76 Å². The van der Waals surface area contributed by atoms with Crippen LogP contribution in [-0.4, -0.2) is 40.5 Å². The lowest BCUT2D eigenvalue weighted by molar-refractivity contribution is -0.139.